The summed E-state index contributed by atoms with van der Waals surface area (Å²) in [5, 5.41) is 9.86. The van der Waals surface area contributed by atoms with Gasteiger partial charge >= 0.3 is 0 Å². The molecule has 40 heavy (non-hydrogen) atoms. The maximum atomic E-state index is 13.7. The standard InChI is InChI=1S/C31H38N6O3/c1-31(40-3)12-19(13-31)16-37-28-23(34-29(37)25-9-7-22(14-32)35(25)15-18-4-5-18)10-21(11-26(28)39-2)30(38)36-17-20-6-8-24(36)27(20)33/h7,9-11,18-20,24,27H,4-6,8,12-13,15-17,33H2,1-3H3/t19?,20-,24-,27-,31?/m1/s1. The molecule has 7 rings (SSSR count). The van der Waals surface area contributed by atoms with Crippen LogP contribution in [0, 0.1) is 29.1 Å². The first-order valence-electron chi connectivity index (χ1n) is 14.6. The number of imidazole rings is 1. The molecular weight excluding hydrogens is 504 g/mol. The minimum atomic E-state index is -0.0962. The predicted octanol–water partition coefficient (Wildman–Crippen LogP) is 4.17. The summed E-state index contributed by atoms with van der Waals surface area (Å²) in [5.41, 5.74) is 10.1. The molecule has 1 saturated heterocycles. The van der Waals surface area contributed by atoms with Crippen molar-refractivity contribution in [3.8, 4) is 23.3 Å². The van der Waals surface area contributed by atoms with Gasteiger partial charge < -0.3 is 29.2 Å². The fourth-order valence-electron chi connectivity index (χ4n) is 7.56. The van der Waals surface area contributed by atoms with Crippen LogP contribution in [0.4, 0.5) is 0 Å². The molecule has 4 fully saturated rings. The first kappa shape index (κ1) is 25.6. The molecule has 0 spiro atoms. The van der Waals surface area contributed by atoms with Crippen molar-refractivity contribution in [3.63, 3.8) is 0 Å². The highest BCUT2D eigenvalue weighted by Crippen LogP contribution is 2.44. The normalized spacial score (nSPS) is 29.1. The fourth-order valence-corrected chi connectivity index (χ4v) is 7.56. The fraction of sp³-hybridized carbons (Fsp3) is 0.581. The lowest BCUT2D eigenvalue weighted by Gasteiger charge is -2.44. The third-order valence-corrected chi connectivity index (χ3v) is 10.0. The summed E-state index contributed by atoms with van der Waals surface area (Å²) < 4.78 is 16.0. The van der Waals surface area contributed by atoms with Gasteiger partial charge in [0.2, 0.25) is 0 Å². The number of amides is 1. The van der Waals surface area contributed by atoms with Gasteiger partial charge in [0.15, 0.2) is 5.82 Å². The van der Waals surface area contributed by atoms with Crippen molar-refractivity contribution in [2.24, 2.45) is 23.5 Å². The molecule has 1 aromatic carbocycles. The van der Waals surface area contributed by atoms with Gasteiger partial charge in [0.25, 0.3) is 5.91 Å². The van der Waals surface area contributed by atoms with Crippen molar-refractivity contribution in [1.82, 2.24) is 19.0 Å². The Balaban J connectivity index is 1.33. The van der Waals surface area contributed by atoms with Crippen LogP contribution in [0.3, 0.4) is 0 Å². The van der Waals surface area contributed by atoms with Gasteiger partial charge in [-0.3, -0.25) is 4.79 Å². The maximum Gasteiger partial charge on any atom is 0.254 e. The molecular formula is C31H38N6O3. The smallest absolute Gasteiger partial charge is 0.254 e. The largest absolute Gasteiger partial charge is 0.494 e. The lowest BCUT2D eigenvalue weighted by atomic mass is 9.72. The highest BCUT2D eigenvalue weighted by molar-refractivity contribution is 6.00. The van der Waals surface area contributed by atoms with E-state index in [-0.39, 0.29) is 23.6 Å². The second-order valence-corrected chi connectivity index (χ2v) is 12.7. The first-order chi connectivity index (χ1) is 19.3. The quantitative estimate of drug-likeness (QED) is 0.457. The number of ether oxygens (including phenoxy) is 2. The molecule has 2 bridgehead atoms. The Kier molecular flexibility index (Phi) is 5.99. The van der Waals surface area contributed by atoms with Gasteiger partial charge in [-0.2, -0.15) is 5.26 Å². The number of hydrogen-bond donors (Lipinski definition) is 1. The number of nitrogens with zero attached hydrogens (tertiary/aromatic N) is 5. The summed E-state index contributed by atoms with van der Waals surface area (Å²) in [7, 11) is 3.44. The molecule has 3 saturated carbocycles. The summed E-state index contributed by atoms with van der Waals surface area (Å²) in [6, 6.07) is 10.2. The zero-order valence-corrected chi connectivity index (χ0v) is 23.6. The zero-order chi connectivity index (χ0) is 27.8. The second kappa shape index (κ2) is 9.35. The van der Waals surface area contributed by atoms with Gasteiger partial charge in [-0.1, -0.05) is 0 Å². The van der Waals surface area contributed by atoms with E-state index in [1.807, 2.05) is 29.2 Å². The van der Waals surface area contributed by atoms with E-state index in [0.717, 1.165) is 67.9 Å². The molecule has 9 nitrogen and oxygen atoms in total. The SMILES string of the molecule is COc1cc(C(=O)N2C[C@H]3CC[C@@H]2[C@@H]3N)cc2nc(-c3ccc(C#N)n3CC3CC3)n(CC3CC(C)(OC)C3)c12. The summed E-state index contributed by atoms with van der Waals surface area (Å²) in [4.78, 5) is 20.9. The van der Waals surface area contributed by atoms with Crippen LogP contribution in [0.5, 0.6) is 5.75 Å². The van der Waals surface area contributed by atoms with Crippen molar-refractivity contribution < 1.29 is 14.3 Å². The number of carbonyl (C=O) groups excluding carboxylic acids is 1. The van der Waals surface area contributed by atoms with Crippen molar-refractivity contribution in [2.45, 2.75) is 76.2 Å². The van der Waals surface area contributed by atoms with Crippen LogP contribution in [-0.4, -0.2) is 63.4 Å². The Morgan fingerprint density at radius 1 is 1.12 bits per heavy atom. The summed E-state index contributed by atoms with van der Waals surface area (Å²) >= 11 is 0. The Bertz CT molecular complexity index is 1520. The topological polar surface area (TPSA) is 111 Å². The number of likely N-dealkylation sites (tertiary alicyclic amines) is 1. The molecule has 0 radical (unpaired) electrons. The van der Waals surface area contributed by atoms with Gasteiger partial charge in [-0.25, -0.2) is 4.98 Å². The Hall–Kier alpha value is -3.35. The number of piperidine rings is 1. The first-order valence-corrected chi connectivity index (χ1v) is 14.6. The van der Waals surface area contributed by atoms with Crippen LogP contribution >= 0.6 is 0 Å². The molecule has 3 atom stereocenters. The number of aromatic nitrogens is 3. The van der Waals surface area contributed by atoms with Crippen molar-refractivity contribution >= 4 is 16.9 Å². The van der Waals surface area contributed by atoms with E-state index in [4.69, 9.17) is 20.2 Å². The van der Waals surface area contributed by atoms with Crippen LogP contribution < -0.4 is 10.5 Å². The molecule has 0 unspecified atom stereocenters. The molecule has 9 heteroatoms. The van der Waals surface area contributed by atoms with E-state index in [0.29, 0.717) is 34.8 Å². The van der Waals surface area contributed by atoms with E-state index in [9.17, 15) is 10.1 Å². The molecule has 3 aliphatic carbocycles. The lowest BCUT2D eigenvalue weighted by molar-refractivity contribution is -0.0937. The van der Waals surface area contributed by atoms with E-state index < -0.39 is 0 Å². The zero-order valence-electron chi connectivity index (χ0n) is 23.6. The highest BCUT2D eigenvalue weighted by atomic mass is 16.5. The van der Waals surface area contributed by atoms with Crippen molar-refractivity contribution in [2.75, 3.05) is 20.8 Å². The molecule has 4 aliphatic rings. The summed E-state index contributed by atoms with van der Waals surface area (Å²) in [6.07, 6.45) is 6.38. The van der Waals surface area contributed by atoms with Gasteiger partial charge in [0.05, 0.1) is 23.9 Å². The third kappa shape index (κ3) is 4.03. The number of nitriles is 1. The molecule has 1 amide bonds. The Labute approximate surface area is 234 Å². The van der Waals surface area contributed by atoms with Gasteiger partial charge in [0, 0.05) is 44.4 Å². The molecule has 2 aromatic heterocycles. The van der Waals surface area contributed by atoms with Crippen molar-refractivity contribution in [1.29, 1.82) is 5.26 Å². The molecule has 3 heterocycles. The van der Waals surface area contributed by atoms with Gasteiger partial charge in [0.1, 0.15) is 23.0 Å². The second-order valence-electron chi connectivity index (χ2n) is 12.7. The van der Waals surface area contributed by atoms with E-state index in [2.05, 4.69) is 22.1 Å². The number of nitrogens with two attached hydrogens (primary N) is 1. The minimum absolute atomic E-state index is 0.00215. The van der Waals surface area contributed by atoms with Gasteiger partial charge in [-0.05, 0) is 87.5 Å². The summed E-state index contributed by atoms with van der Waals surface area (Å²) in [6.45, 7) is 4.45. The number of rotatable bonds is 8. The van der Waals surface area contributed by atoms with Crippen LogP contribution in [-0.2, 0) is 17.8 Å². The van der Waals surface area contributed by atoms with Crippen LogP contribution in [0.2, 0.25) is 0 Å². The molecule has 210 valence electrons. The average molecular weight is 543 g/mol. The number of fused-ring (bicyclic) bond motifs is 3. The number of benzene rings is 1. The van der Waals surface area contributed by atoms with Crippen LogP contribution in [0.15, 0.2) is 24.3 Å². The third-order valence-electron chi connectivity index (χ3n) is 10.0. The molecule has 1 aliphatic heterocycles. The van der Waals surface area contributed by atoms with Gasteiger partial charge in [-0.15, -0.1) is 0 Å². The number of carbonyl (C=O) groups is 1. The Morgan fingerprint density at radius 2 is 1.90 bits per heavy atom. The van der Waals surface area contributed by atoms with Crippen LogP contribution in [0.25, 0.3) is 22.6 Å². The van der Waals surface area contributed by atoms with Crippen LogP contribution in [0.1, 0.15) is 61.5 Å². The average Bonchev–Trinajstić information content (AvgIpc) is 3.26. The minimum Gasteiger partial charge on any atom is -0.494 e. The van der Waals surface area contributed by atoms with E-state index in [1.165, 1.54) is 12.8 Å². The number of hydrogen-bond acceptors (Lipinski definition) is 6. The maximum absolute atomic E-state index is 13.7. The highest BCUT2D eigenvalue weighted by Gasteiger charge is 2.47. The lowest BCUT2D eigenvalue weighted by Crippen LogP contribution is -2.44. The van der Waals surface area contributed by atoms with E-state index in [1.54, 1.807) is 14.2 Å². The molecule has 3 aromatic rings. The monoisotopic (exact) mass is 542 g/mol. The predicted molar refractivity (Wildman–Crippen MR) is 151 cm³/mol. The number of methoxy groups -OCH3 is 2. The van der Waals surface area contributed by atoms with Crippen molar-refractivity contribution in [3.05, 3.63) is 35.5 Å². The Morgan fingerprint density at radius 3 is 2.52 bits per heavy atom. The summed E-state index contributed by atoms with van der Waals surface area (Å²) in [5.74, 6) is 2.87. The van der Waals surface area contributed by atoms with E-state index >= 15 is 0 Å². The molecule has 2 N–H and O–H groups in total.